The standard InChI is InChI=1S/C9H9BrO3/c1-13-8(9(11)12)6-2-4-7(10)5-3-6/h2-5,8H,1H3,(H,11,12). The SMILES string of the molecule is COC(C(=O)O)c1ccc(Br)cc1. The Morgan fingerprint density at radius 1 is 1.46 bits per heavy atom. The number of aliphatic carboxylic acids is 1. The van der Waals surface area contributed by atoms with Crippen molar-refractivity contribution in [1.82, 2.24) is 0 Å². The highest BCUT2D eigenvalue weighted by Crippen LogP contribution is 2.19. The Labute approximate surface area is 84.5 Å². The monoisotopic (exact) mass is 244 g/mol. The van der Waals surface area contributed by atoms with Gasteiger partial charge in [0.2, 0.25) is 0 Å². The largest absolute Gasteiger partial charge is 0.479 e. The second-order valence-electron chi connectivity index (χ2n) is 2.51. The van der Waals surface area contributed by atoms with Crippen LogP contribution in [0.25, 0.3) is 0 Å². The summed E-state index contributed by atoms with van der Waals surface area (Å²) in [5.41, 5.74) is 0.637. The molecule has 0 heterocycles. The molecule has 0 bridgehead atoms. The smallest absolute Gasteiger partial charge is 0.337 e. The lowest BCUT2D eigenvalue weighted by Gasteiger charge is -2.09. The van der Waals surface area contributed by atoms with Crippen LogP contribution >= 0.6 is 15.9 Å². The second kappa shape index (κ2) is 4.39. The fourth-order valence-electron chi connectivity index (χ4n) is 1.02. The van der Waals surface area contributed by atoms with Gasteiger partial charge in [0.1, 0.15) is 0 Å². The van der Waals surface area contributed by atoms with Crippen molar-refractivity contribution >= 4 is 21.9 Å². The fraction of sp³-hybridized carbons (Fsp3) is 0.222. The molecule has 0 saturated carbocycles. The average molecular weight is 245 g/mol. The molecule has 1 atom stereocenters. The molecule has 0 aliphatic carbocycles. The highest BCUT2D eigenvalue weighted by atomic mass is 79.9. The van der Waals surface area contributed by atoms with Crippen molar-refractivity contribution in [3.8, 4) is 0 Å². The summed E-state index contributed by atoms with van der Waals surface area (Å²) in [5.74, 6) is -0.982. The van der Waals surface area contributed by atoms with E-state index in [9.17, 15) is 4.79 Å². The highest BCUT2D eigenvalue weighted by molar-refractivity contribution is 9.10. The number of rotatable bonds is 3. The molecule has 70 valence electrons. The normalized spacial score (nSPS) is 12.5. The lowest BCUT2D eigenvalue weighted by Crippen LogP contribution is -2.13. The van der Waals surface area contributed by atoms with E-state index in [0.717, 1.165) is 4.47 Å². The molecule has 13 heavy (non-hydrogen) atoms. The van der Waals surface area contributed by atoms with Crippen LogP contribution in [0.1, 0.15) is 11.7 Å². The molecule has 0 aliphatic rings. The number of carboxylic acid groups (broad SMARTS) is 1. The summed E-state index contributed by atoms with van der Waals surface area (Å²) in [5, 5.41) is 8.76. The van der Waals surface area contributed by atoms with Gasteiger partial charge in [0.05, 0.1) is 0 Å². The van der Waals surface area contributed by atoms with Crippen LogP contribution in [-0.2, 0) is 9.53 Å². The van der Waals surface area contributed by atoms with Crippen molar-refractivity contribution in [2.24, 2.45) is 0 Å². The van der Waals surface area contributed by atoms with Crippen molar-refractivity contribution < 1.29 is 14.6 Å². The zero-order chi connectivity index (χ0) is 9.84. The maximum absolute atomic E-state index is 10.7. The van der Waals surface area contributed by atoms with Crippen molar-refractivity contribution in [3.05, 3.63) is 34.3 Å². The quantitative estimate of drug-likeness (QED) is 0.888. The Bertz CT molecular complexity index is 294. The van der Waals surface area contributed by atoms with Crippen LogP contribution in [0.3, 0.4) is 0 Å². The van der Waals surface area contributed by atoms with Crippen LogP contribution in [0.15, 0.2) is 28.7 Å². The number of hydrogen-bond acceptors (Lipinski definition) is 2. The predicted molar refractivity (Wildman–Crippen MR) is 51.5 cm³/mol. The van der Waals surface area contributed by atoms with Gasteiger partial charge >= 0.3 is 5.97 Å². The molecule has 1 N–H and O–H groups in total. The molecule has 0 radical (unpaired) electrons. The molecule has 0 amide bonds. The first kappa shape index (κ1) is 10.2. The van der Waals surface area contributed by atoms with Gasteiger partial charge in [-0.2, -0.15) is 0 Å². The lowest BCUT2D eigenvalue weighted by molar-refractivity contribution is -0.148. The molecule has 0 aliphatic heterocycles. The van der Waals surface area contributed by atoms with E-state index in [0.29, 0.717) is 5.56 Å². The number of methoxy groups -OCH3 is 1. The Morgan fingerprint density at radius 3 is 2.38 bits per heavy atom. The van der Waals surface area contributed by atoms with E-state index < -0.39 is 12.1 Å². The number of carboxylic acids is 1. The van der Waals surface area contributed by atoms with Gasteiger partial charge in [-0.1, -0.05) is 28.1 Å². The summed E-state index contributed by atoms with van der Waals surface area (Å²) >= 11 is 3.27. The molecular formula is C9H9BrO3. The maximum atomic E-state index is 10.7. The molecule has 4 heteroatoms. The van der Waals surface area contributed by atoms with Gasteiger partial charge in [-0.3, -0.25) is 0 Å². The molecule has 0 spiro atoms. The van der Waals surface area contributed by atoms with Gasteiger partial charge in [-0.05, 0) is 17.7 Å². The maximum Gasteiger partial charge on any atom is 0.337 e. The number of carbonyl (C=O) groups is 1. The summed E-state index contributed by atoms with van der Waals surface area (Å²) in [6.07, 6.45) is -0.881. The zero-order valence-corrected chi connectivity index (χ0v) is 8.61. The third kappa shape index (κ3) is 2.54. The third-order valence-electron chi connectivity index (χ3n) is 1.63. The Kier molecular flexibility index (Phi) is 3.45. The Balaban J connectivity index is 2.92. The van der Waals surface area contributed by atoms with Gasteiger partial charge in [0, 0.05) is 11.6 Å². The van der Waals surface area contributed by atoms with E-state index in [1.165, 1.54) is 7.11 Å². The van der Waals surface area contributed by atoms with Crippen molar-refractivity contribution in [2.75, 3.05) is 7.11 Å². The van der Waals surface area contributed by atoms with E-state index in [1.54, 1.807) is 24.3 Å². The number of ether oxygens (including phenoxy) is 1. The Morgan fingerprint density at radius 2 is 2.00 bits per heavy atom. The summed E-state index contributed by atoms with van der Waals surface area (Å²) in [7, 11) is 1.38. The molecule has 1 rings (SSSR count). The van der Waals surface area contributed by atoms with Crippen LogP contribution in [0.2, 0.25) is 0 Å². The van der Waals surface area contributed by atoms with E-state index in [2.05, 4.69) is 15.9 Å². The van der Waals surface area contributed by atoms with Crippen LogP contribution in [0.4, 0.5) is 0 Å². The fourth-order valence-corrected chi connectivity index (χ4v) is 1.28. The number of hydrogen-bond donors (Lipinski definition) is 1. The van der Waals surface area contributed by atoms with Gasteiger partial charge < -0.3 is 9.84 Å². The predicted octanol–water partition coefficient (Wildman–Crippen LogP) is 2.22. The van der Waals surface area contributed by atoms with E-state index in [4.69, 9.17) is 9.84 Å². The van der Waals surface area contributed by atoms with Gasteiger partial charge in [0.25, 0.3) is 0 Å². The van der Waals surface area contributed by atoms with E-state index >= 15 is 0 Å². The van der Waals surface area contributed by atoms with E-state index in [-0.39, 0.29) is 0 Å². The molecule has 0 saturated heterocycles. The van der Waals surface area contributed by atoms with Crippen LogP contribution in [-0.4, -0.2) is 18.2 Å². The molecule has 0 fully saturated rings. The second-order valence-corrected chi connectivity index (χ2v) is 3.42. The summed E-state index contributed by atoms with van der Waals surface area (Å²) in [6.45, 7) is 0. The van der Waals surface area contributed by atoms with Crippen LogP contribution < -0.4 is 0 Å². The van der Waals surface area contributed by atoms with Crippen LogP contribution in [0.5, 0.6) is 0 Å². The molecule has 0 aromatic heterocycles. The Hall–Kier alpha value is -0.870. The van der Waals surface area contributed by atoms with Crippen LogP contribution in [0, 0.1) is 0 Å². The molecule has 1 aromatic rings. The van der Waals surface area contributed by atoms with Crippen molar-refractivity contribution in [1.29, 1.82) is 0 Å². The first-order chi connectivity index (χ1) is 6.15. The summed E-state index contributed by atoms with van der Waals surface area (Å²) in [6, 6.07) is 6.99. The first-order valence-electron chi connectivity index (χ1n) is 3.66. The molecule has 1 unspecified atom stereocenters. The third-order valence-corrected chi connectivity index (χ3v) is 2.16. The summed E-state index contributed by atoms with van der Waals surface area (Å²) < 4.78 is 5.74. The lowest BCUT2D eigenvalue weighted by atomic mass is 10.1. The van der Waals surface area contributed by atoms with E-state index in [1.807, 2.05) is 0 Å². The van der Waals surface area contributed by atoms with Crippen molar-refractivity contribution in [3.63, 3.8) is 0 Å². The topological polar surface area (TPSA) is 46.5 Å². The molecule has 1 aromatic carbocycles. The highest BCUT2D eigenvalue weighted by Gasteiger charge is 2.17. The number of halogens is 1. The minimum atomic E-state index is -0.982. The molecular weight excluding hydrogens is 236 g/mol. The summed E-state index contributed by atoms with van der Waals surface area (Å²) in [4.78, 5) is 10.7. The van der Waals surface area contributed by atoms with Crippen molar-refractivity contribution in [2.45, 2.75) is 6.10 Å². The zero-order valence-electron chi connectivity index (χ0n) is 7.03. The van der Waals surface area contributed by atoms with Gasteiger partial charge in [0.15, 0.2) is 6.10 Å². The minimum Gasteiger partial charge on any atom is -0.479 e. The average Bonchev–Trinajstić information content (AvgIpc) is 2.09. The van der Waals surface area contributed by atoms with Gasteiger partial charge in [-0.15, -0.1) is 0 Å². The van der Waals surface area contributed by atoms with Gasteiger partial charge in [-0.25, -0.2) is 4.79 Å². The first-order valence-corrected chi connectivity index (χ1v) is 4.45. The minimum absolute atomic E-state index is 0.637. The molecule has 3 nitrogen and oxygen atoms in total. The number of benzene rings is 1.